The summed E-state index contributed by atoms with van der Waals surface area (Å²) in [6, 6.07) is 15.7. The Bertz CT molecular complexity index is 1370. The minimum absolute atomic E-state index is 0.197. The SMILES string of the molecule is C=CCOc1cccc(C(=O)NCc2nc(-c3cccc(NC(=O)c4ccoc4C)c3)oc2C)c1. The molecular weight excluding hydrogens is 446 g/mol. The number of nitrogens with one attached hydrogen (secondary N) is 2. The lowest BCUT2D eigenvalue weighted by Gasteiger charge is -2.07. The van der Waals surface area contributed by atoms with Crippen LogP contribution in [-0.2, 0) is 6.54 Å². The zero-order valence-corrected chi connectivity index (χ0v) is 19.5. The van der Waals surface area contributed by atoms with Gasteiger partial charge in [0, 0.05) is 16.8 Å². The number of rotatable bonds is 9. The predicted octanol–water partition coefficient (Wildman–Crippen LogP) is 5.30. The maximum absolute atomic E-state index is 12.6. The number of furan rings is 1. The molecule has 0 saturated heterocycles. The van der Waals surface area contributed by atoms with Crippen LogP contribution in [0.2, 0.25) is 0 Å². The molecule has 0 bridgehead atoms. The normalized spacial score (nSPS) is 10.6. The lowest BCUT2D eigenvalue weighted by Crippen LogP contribution is -2.23. The molecule has 8 nitrogen and oxygen atoms in total. The fourth-order valence-electron chi connectivity index (χ4n) is 3.41. The summed E-state index contributed by atoms with van der Waals surface area (Å²) in [6.07, 6.45) is 3.12. The van der Waals surface area contributed by atoms with Crippen molar-refractivity contribution in [2.24, 2.45) is 0 Å². The molecule has 178 valence electrons. The third kappa shape index (κ3) is 5.67. The molecule has 4 rings (SSSR count). The molecule has 0 fully saturated rings. The first-order valence-corrected chi connectivity index (χ1v) is 11.0. The second-order valence-corrected chi connectivity index (χ2v) is 7.76. The van der Waals surface area contributed by atoms with Crippen molar-refractivity contribution in [2.45, 2.75) is 20.4 Å². The molecule has 4 aromatic rings. The Labute approximate surface area is 202 Å². The predicted molar refractivity (Wildman–Crippen MR) is 131 cm³/mol. The molecule has 8 heteroatoms. The van der Waals surface area contributed by atoms with E-state index in [2.05, 4.69) is 22.2 Å². The summed E-state index contributed by atoms with van der Waals surface area (Å²) in [5, 5.41) is 5.71. The quantitative estimate of drug-likeness (QED) is 0.321. The molecule has 2 amide bonds. The van der Waals surface area contributed by atoms with Gasteiger partial charge in [0.05, 0.1) is 18.4 Å². The third-order valence-corrected chi connectivity index (χ3v) is 5.24. The smallest absolute Gasteiger partial charge is 0.259 e. The second kappa shape index (κ2) is 10.6. The number of ether oxygens (including phenoxy) is 1. The number of hydrogen-bond donors (Lipinski definition) is 2. The molecule has 2 N–H and O–H groups in total. The van der Waals surface area contributed by atoms with E-state index < -0.39 is 0 Å². The summed E-state index contributed by atoms with van der Waals surface area (Å²) in [5.74, 6) is 1.60. The van der Waals surface area contributed by atoms with Gasteiger partial charge in [-0.2, -0.15) is 0 Å². The molecule has 0 radical (unpaired) electrons. The van der Waals surface area contributed by atoms with Gasteiger partial charge in [-0.05, 0) is 56.3 Å². The van der Waals surface area contributed by atoms with Crippen LogP contribution in [0.3, 0.4) is 0 Å². The lowest BCUT2D eigenvalue weighted by atomic mass is 10.2. The molecule has 0 aliphatic carbocycles. The van der Waals surface area contributed by atoms with E-state index in [-0.39, 0.29) is 18.4 Å². The van der Waals surface area contributed by atoms with Gasteiger partial charge in [-0.25, -0.2) is 4.98 Å². The van der Waals surface area contributed by atoms with Crippen LogP contribution in [-0.4, -0.2) is 23.4 Å². The van der Waals surface area contributed by atoms with Crippen molar-refractivity contribution < 1.29 is 23.2 Å². The number of hydrogen-bond acceptors (Lipinski definition) is 6. The monoisotopic (exact) mass is 471 g/mol. The highest BCUT2D eigenvalue weighted by Crippen LogP contribution is 2.25. The minimum atomic E-state index is -0.264. The second-order valence-electron chi connectivity index (χ2n) is 7.76. The summed E-state index contributed by atoms with van der Waals surface area (Å²) < 4.78 is 16.5. The molecule has 0 aliphatic rings. The van der Waals surface area contributed by atoms with Crippen LogP contribution < -0.4 is 15.4 Å². The Morgan fingerprint density at radius 2 is 1.89 bits per heavy atom. The topological polar surface area (TPSA) is 107 Å². The van der Waals surface area contributed by atoms with Crippen LogP contribution in [0.25, 0.3) is 11.5 Å². The maximum Gasteiger partial charge on any atom is 0.259 e. The van der Waals surface area contributed by atoms with Crippen molar-refractivity contribution in [3.8, 4) is 17.2 Å². The first-order chi connectivity index (χ1) is 16.9. The molecular formula is C27H25N3O5. The summed E-state index contributed by atoms with van der Waals surface area (Å²) in [4.78, 5) is 29.6. The van der Waals surface area contributed by atoms with E-state index in [9.17, 15) is 9.59 Å². The summed E-state index contributed by atoms with van der Waals surface area (Å²) in [5.41, 5.74) is 2.84. The van der Waals surface area contributed by atoms with Gasteiger partial charge in [-0.1, -0.05) is 24.8 Å². The highest BCUT2D eigenvalue weighted by molar-refractivity contribution is 6.05. The number of aromatic nitrogens is 1. The van der Waals surface area contributed by atoms with Crippen LogP contribution in [0.1, 0.15) is 37.9 Å². The van der Waals surface area contributed by atoms with Crippen LogP contribution in [0.5, 0.6) is 5.75 Å². The standard InChI is InChI=1S/C27H25N3O5/c1-4-12-34-22-10-6-7-19(15-22)25(31)28-16-24-18(3)35-27(30-24)20-8-5-9-21(14-20)29-26(32)23-11-13-33-17(23)2/h4-11,13-15H,1,12,16H2,2-3H3,(H,28,31)(H,29,32). The Balaban J connectivity index is 1.43. The number of benzene rings is 2. The molecule has 2 heterocycles. The van der Waals surface area contributed by atoms with Crippen LogP contribution in [0, 0.1) is 13.8 Å². The first kappa shape index (κ1) is 23.6. The molecule has 0 unspecified atom stereocenters. The number of carbonyl (C=O) groups excluding carboxylic acids is 2. The fourth-order valence-corrected chi connectivity index (χ4v) is 3.41. The van der Waals surface area contributed by atoms with E-state index in [1.165, 1.54) is 6.26 Å². The lowest BCUT2D eigenvalue weighted by molar-refractivity contribution is 0.0949. The van der Waals surface area contributed by atoms with E-state index >= 15 is 0 Å². The van der Waals surface area contributed by atoms with Crippen molar-refractivity contribution in [3.05, 3.63) is 102 Å². The number of amides is 2. The van der Waals surface area contributed by atoms with Crippen molar-refractivity contribution >= 4 is 17.5 Å². The van der Waals surface area contributed by atoms with Gasteiger partial charge < -0.3 is 24.2 Å². The van der Waals surface area contributed by atoms with Gasteiger partial charge in [-0.15, -0.1) is 0 Å². The number of nitrogens with zero attached hydrogens (tertiary/aromatic N) is 1. The van der Waals surface area contributed by atoms with Gasteiger partial charge in [0.1, 0.15) is 29.6 Å². The minimum Gasteiger partial charge on any atom is -0.490 e. The summed E-state index contributed by atoms with van der Waals surface area (Å²) in [7, 11) is 0. The first-order valence-electron chi connectivity index (χ1n) is 11.0. The Kier molecular flexibility index (Phi) is 7.11. The molecule has 0 spiro atoms. The van der Waals surface area contributed by atoms with Crippen molar-refractivity contribution in [3.63, 3.8) is 0 Å². The van der Waals surface area contributed by atoms with Gasteiger partial charge >= 0.3 is 0 Å². The molecule has 35 heavy (non-hydrogen) atoms. The average Bonchev–Trinajstić information content (AvgIpc) is 3.46. The van der Waals surface area contributed by atoms with E-state index in [0.717, 1.165) is 0 Å². The Morgan fingerprint density at radius 1 is 1.06 bits per heavy atom. The zero-order chi connectivity index (χ0) is 24.8. The van der Waals surface area contributed by atoms with E-state index in [1.54, 1.807) is 68.5 Å². The Hall–Kier alpha value is -4.59. The van der Waals surface area contributed by atoms with Crippen LogP contribution >= 0.6 is 0 Å². The van der Waals surface area contributed by atoms with E-state index in [1.807, 2.05) is 6.07 Å². The molecule has 0 atom stereocenters. The zero-order valence-electron chi connectivity index (χ0n) is 19.5. The van der Waals surface area contributed by atoms with Gasteiger partial charge in [0.25, 0.3) is 11.8 Å². The summed E-state index contributed by atoms with van der Waals surface area (Å²) >= 11 is 0. The van der Waals surface area contributed by atoms with Gasteiger partial charge in [0.15, 0.2) is 0 Å². The highest BCUT2D eigenvalue weighted by Gasteiger charge is 2.16. The third-order valence-electron chi connectivity index (χ3n) is 5.24. The number of carbonyl (C=O) groups is 2. The largest absolute Gasteiger partial charge is 0.490 e. The van der Waals surface area contributed by atoms with E-state index in [0.29, 0.717) is 57.8 Å². The Morgan fingerprint density at radius 3 is 2.66 bits per heavy atom. The maximum atomic E-state index is 12.6. The van der Waals surface area contributed by atoms with Crippen molar-refractivity contribution in [1.82, 2.24) is 10.3 Å². The molecule has 0 aliphatic heterocycles. The van der Waals surface area contributed by atoms with Crippen LogP contribution in [0.4, 0.5) is 5.69 Å². The van der Waals surface area contributed by atoms with E-state index in [4.69, 9.17) is 13.6 Å². The average molecular weight is 472 g/mol. The molecule has 2 aromatic carbocycles. The van der Waals surface area contributed by atoms with Crippen LogP contribution in [0.15, 0.2) is 82.3 Å². The summed E-state index contributed by atoms with van der Waals surface area (Å²) in [6.45, 7) is 7.69. The molecule has 0 saturated carbocycles. The number of anilines is 1. The fraction of sp³-hybridized carbons (Fsp3) is 0.148. The number of oxazole rings is 1. The van der Waals surface area contributed by atoms with Crippen molar-refractivity contribution in [2.75, 3.05) is 11.9 Å². The number of aryl methyl sites for hydroxylation is 2. The van der Waals surface area contributed by atoms with Crippen molar-refractivity contribution in [1.29, 1.82) is 0 Å². The molecule has 2 aromatic heterocycles. The van der Waals surface area contributed by atoms with Gasteiger partial charge in [0.2, 0.25) is 5.89 Å². The highest BCUT2D eigenvalue weighted by atomic mass is 16.5. The van der Waals surface area contributed by atoms with Gasteiger partial charge in [-0.3, -0.25) is 9.59 Å².